The van der Waals surface area contributed by atoms with Crippen molar-refractivity contribution in [2.24, 2.45) is 0 Å². The van der Waals surface area contributed by atoms with Gasteiger partial charge < -0.3 is 18.9 Å². The molecule has 0 rings (SSSR count). The fourth-order valence-corrected chi connectivity index (χ4v) is 7.32. The fourth-order valence-electron chi connectivity index (χ4n) is 6.58. The van der Waals surface area contributed by atoms with Crippen LogP contribution in [0, 0.1) is 0 Å². The summed E-state index contributed by atoms with van der Waals surface area (Å²) in [6, 6.07) is 0. The van der Waals surface area contributed by atoms with Gasteiger partial charge in [-0.3, -0.25) is 18.6 Å². The van der Waals surface area contributed by atoms with Crippen LogP contribution in [-0.2, 0) is 32.7 Å². The Morgan fingerprint density at radius 3 is 1.32 bits per heavy atom. The summed E-state index contributed by atoms with van der Waals surface area (Å²) in [6.07, 6.45) is 54.0. The maximum absolute atomic E-state index is 12.7. The number of ether oxygens (including phenoxy) is 2. The van der Waals surface area contributed by atoms with Crippen LogP contribution >= 0.6 is 7.82 Å². The zero-order valence-corrected chi connectivity index (χ0v) is 41.5. The second kappa shape index (κ2) is 43.9. The van der Waals surface area contributed by atoms with Crippen LogP contribution < -0.4 is 0 Å². The van der Waals surface area contributed by atoms with Crippen LogP contribution in [0.1, 0.15) is 206 Å². The number of carbonyl (C=O) groups excluding carboxylic acids is 2. The average Bonchev–Trinajstić information content (AvgIpc) is 3.23. The molecule has 10 heteroatoms. The van der Waals surface area contributed by atoms with Crippen LogP contribution in [0.25, 0.3) is 0 Å². The predicted molar refractivity (Wildman–Crippen MR) is 261 cm³/mol. The van der Waals surface area contributed by atoms with Gasteiger partial charge in [0.05, 0.1) is 27.7 Å². The number of phosphoric acid groups is 1. The maximum Gasteiger partial charge on any atom is 0.472 e. The number of carbonyl (C=O) groups is 2. The van der Waals surface area contributed by atoms with Crippen LogP contribution in [0.3, 0.4) is 0 Å². The van der Waals surface area contributed by atoms with Crippen molar-refractivity contribution in [2.75, 3.05) is 47.5 Å². The molecule has 62 heavy (non-hydrogen) atoms. The smallest absolute Gasteiger partial charge is 0.462 e. The Balaban J connectivity index is 4.33. The molecule has 360 valence electrons. The lowest BCUT2D eigenvalue weighted by Crippen LogP contribution is -2.37. The largest absolute Gasteiger partial charge is 0.472 e. The van der Waals surface area contributed by atoms with E-state index in [9.17, 15) is 19.0 Å². The van der Waals surface area contributed by atoms with Crippen LogP contribution in [0.2, 0.25) is 0 Å². The molecule has 0 fully saturated rings. The topological polar surface area (TPSA) is 108 Å². The number of quaternary nitrogens is 1. The minimum atomic E-state index is -4.39. The van der Waals surface area contributed by atoms with E-state index in [1.165, 1.54) is 83.5 Å². The predicted octanol–water partition coefficient (Wildman–Crippen LogP) is 14.8. The number of unbranched alkanes of at least 4 members (excludes halogenated alkanes) is 21. The minimum Gasteiger partial charge on any atom is -0.462 e. The first-order valence-electron chi connectivity index (χ1n) is 25.0. The summed E-state index contributed by atoms with van der Waals surface area (Å²) in [5.74, 6) is -0.822. The summed E-state index contributed by atoms with van der Waals surface area (Å²) in [4.78, 5) is 35.5. The SMILES string of the molecule is CCCCC/C=C\C/C=C\CCCCCCCCCC(=O)OCC(COP(=O)(O)OCC[N+](C)(C)C)OC(=O)CCCCCCCC/C=C\C/C=C\C/C=C\CCCCCCC. The number of esters is 2. The van der Waals surface area contributed by atoms with Crippen molar-refractivity contribution in [1.82, 2.24) is 0 Å². The molecule has 0 aromatic carbocycles. The van der Waals surface area contributed by atoms with Gasteiger partial charge in [-0.1, -0.05) is 171 Å². The Morgan fingerprint density at radius 2 is 0.871 bits per heavy atom. The first-order valence-corrected chi connectivity index (χ1v) is 26.5. The van der Waals surface area contributed by atoms with Gasteiger partial charge >= 0.3 is 19.8 Å². The van der Waals surface area contributed by atoms with Crippen LogP contribution in [0.15, 0.2) is 60.8 Å². The van der Waals surface area contributed by atoms with E-state index in [1.807, 2.05) is 21.1 Å². The van der Waals surface area contributed by atoms with Crippen molar-refractivity contribution in [1.29, 1.82) is 0 Å². The lowest BCUT2D eigenvalue weighted by Gasteiger charge is -2.24. The second-order valence-corrected chi connectivity index (χ2v) is 19.3. The Labute approximate surface area is 381 Å². The van der Waals surface area contributed by atoms with Gasteiger partial charge in [0.25, 0.3) is 0 Å². The van der Waals surface area contributed by atoms with E-state index < -0.39 is 26.5 Å². The normalized spacial score (nSPS) is 14.0. The molecule has 2 atom stereocenters. The monoisotopic (exact) mass is 893 g/mol. The number of likely N-dealkylation sites (N-methyl/N-ethyl adjacent to an activating group) is 1. The Bertz CT molecular complexity index is 1240. The lowest BCUT2D eigenvalue weighted by atomic mass is 10.1. The third-order valence-corrected chi connectivity index (χ3v) is 11.5. The molecule has 0 heterocycles. The number of rotatable bonds is 45. The molecule has 0 aromatic heterocycles. The molecule has 0 aliphatic rings. The molecule has 0 aliphatic carbocycles. The summed E-state index contributed by atoms with van der Waals surface area (Å²) >= 11 is 0. The molecule has 0 radical (unpaired) electrons. The van der Waals surface area contributed by atoms with E-state index in [0.717, 1.165) is 89.9 Å². The van der Waals surface area contributed by atoms with Gasteiger partial charge in [-0.15, -0.1) is 0 Å². The molecule has 9 nitrogen and oxygen atoms in total. The van der Waals surface area contributed by atoms with Crippen molar-refractivity contribution in [2.45, 2.75) is 213 Å². The minimum absolute atomic E-state index is 0.0252. The lowest BCUT2D eigenvalue weighted by molar-refractivity contribution is -0.870. The molecule has 0 saturated carbocycles. The van der Waals surface area contributed by atoms with E-state index >= 15 is 0 Å². The molecule has 2 unspecified atom stereocenters. The summed E-state index contributed by atoms with van der Waals surface area (Å²) in [6.45, 7) is 4.37. The van der Waals surface area contributed by atoms with Gasteiger partial charge in [0.15, 0.2) is 6.10 Å². The molecule has 0 saturated heterocycles. The number of hydrogen-bond donors (Lipinski definition) is 1. The van der Waals surface area contributed by atoms with E-state index in [2.05, 4.69) is 74.6 Å². The summed E-state index contributed by atoms with van der Waals surface area (Å²) in [5, 5.41) is 0. The van der Waals surface area contributed by atoms with Gasteiger partial charge in [-0.25, -0.2) is 4.57 Å². The first kappa shape index (κ1) is 59.7. The Kier molecular flexibility index (Phi) is 42.3. The highest BCUT2D eigenvalue weighted by atomic mass is 31.2. The van der Waals surface area contributed by atoms with Crippen LogP contribution in [0.4, 0.5) is 0 Å². The van der Waals surface area contributed by atoms with Crippen molar-refractivity contribution in [3.8, 4) is 0 Å². The first-order chi connectivity index (χ1) is 30.0. The molecule has 0 bridgehead atoms. The van der Waals surface area contributed by atoms with Crippen LogP contribution in [0.5, 0.6) is 0 Å². The van der Waals surface area contributed by atoms with Crippen molar-refractivity contribution >= 4 is 19.8 Å². The molecule has 0 aliphatic heterocycles. The highest BCUT2D eigenvalue weighted by Crippen LogP contribution is 2.43. The Hall–Kier alpha value is -2.29. The summed E-state index contributed by atoms with van der Waals surface area (Å²) in [7, 11) is 1.46. The van der Waals surface area contributed by atoms with Crippen molar-refractivity contribution < 1.29 is 42.1 Å². The Morgan fingerprint density at radius 1 is 0.500 bits per heavy atom. The number of hydrogen-bond acceptors (Lipinski definition) is 7. The molecular weight excluding hydrogens is 798 g/mol. The van der Waals surface area contributed by atoms with E-state index in [4.69, 9.17) is 18.5 Å². The van der Waals surface area contributed by atoms with Gasteiger partial charge in [-0.05, 0) is 83.5 Å². The average molecular weight is 893 g/mol. The van der Waals surface area contributed by atoms with Crippen LogP contribution in [-0.4, -0.2) is 74.9 Å². The third-order valence-electron chi connectivity index (χ3n) is 10.5. The second-order valence-electron chi connectivity index (χ2n) is 17.8. The number of nitrogens with zero attached hydrogens (tertiary/aromatic N) is 1. The zero-order valence-electron chi connectivity index (χ0n) is 40.6. The van der Waals surface area contributed by atoms with Gasteiger partial charge in [0.2, 0.25) is 0 Å². The standard InChI is InChI=1S/C52H94NO8P/c1-6-8-10-12-14-16-18-20-22-24-25-26-27-29-31-33-35-37-39-41-43-45-52(55)61-50(49-60-62(56,57)59-47-46-53(3,4)5)48-58-51(54)44-42-40-38-36-34-32-30-28-23-21-19-17-15-13-11-9-7-2/h15,17-18,20-21,23-25,27,29,50H,6-14,16,19,22,26,28,30-49H2,1-5H3/p+1/b17-15-,20-18-,23-21-,25-24-,29-27-. The zero-order chi connectivity index (χ0) is 45.7. The van der Waals surface area contributed by atoms with E-state index in [1.54, 1.807) is 0 Å². The highest BCUT2D eigenvalue weighted by molar-refractivity contribution is 7.47. The van der Waals surface area contributed by atoms with Crippen molar-refractivity contribution in [3.63, 3.8) is 0 Å². The molecule has 0 spiro atoms. The fraction of sp³-hybridized carbons (Fsp3) is 0.769. The highest BCUT2D eigenvalue weighted by Gasteiger charge is 2.27. The maximum atomic E-state index is 12.7. The number of allylic oxidation sites excluding steroid dienone is 10. The summed E-state index contributed by atoms with van der Waals surface area (Å²) < 4.78 is 34.4. The van der Waals surface area contributed by atoms with Gasteiger partial charge in [0.1, 0.15) is 19.8 Å². The van der Waals surface area contributed by atoms with Gasteiger partial charge in [-0.2, -0.15) is 0 Å². The van der Waals surface area contributed by atoms with E-state index in [-0.39, 0.29) is 32.0 Å². The number of phosphoric ester groups is 1. The molecule has 0 aromatic rings. The molecule has 0 amide bonds. The summed E-state index contributed by atoms with van der Waals surface area (Å²) in [5.41, 5.74) is 0. The molecule has 1 N–H and O–H groups in total. The third kappa shape index (κ3) is 47.2. The quantitative estimate of drug-likeness (QED) is 0.0212. The molecular formula is C52H95NO8P+. The van der Waals surface area contributed by atoms with E-state index in [0.29, 0.717) is 17.4 Å². The van der Waals surface area contributed by atoms with Crippen molar-refractivity contribution in [3.05, 3.63) is 60.8 Å². The van der Waals surface area contributed by atoms with Gasteiger partial charge in [0, 0.05) is 12.8 Å².